The molecule has 2 aliphatic carbocycles. The number of amides is 2. The van der Waals surface area contributed by atoms with Crippen LogP contribution in [0.15, 0.2) is 64.9 Å². The molecule has 0 N–H and O–H groups in total. The summed E-state index contributed by atoms with van der Waals surface area (Å²) in [7, 11) is 0. The lowest BCUT2D eigenvalue weighted by atomic mass is 9.76. The minimum absolute atomic E-state index is 0.0408. The highest BCUT2D eigenvalue weighted by atomic mass is 16.6. The summed E-state index contributed by atoms with van der Waals surface area (Å²) in [4.78, 5) is 39.0. The number of nitrogens with zero attached hydrogens (tertiary/aromatic N) is 5. The van der Waals surface area contributed by atoms with Crippen LogP contribution in [0, 0.1) is 33.8 Å². The Morgan fingerprint density at radius 3 is 2.39 bits per heavy atom. The van der Waals surface area contributed by atoms with E-state index in [9.17, 15) is 19.7 Å². The molecule has 2 aliphatic heterocycles. The van der Waals surface area contributed by atoms with Crippen molar-refractivity contribution in [1.82, 2.24) is 4.90 Å². The first-order chi connectivity index (χ1) is 15.1. The molecule has 0 unspecified atom stereocenters. The van der Waals surface area contributed by atoms with Gasteiger partial charge < -0.3 is 0 Å². The molecule has 2 amide bonds. The largest absolute Gasteiger partial charge is 0.294 e. The summed E-state index contributed by atoms with van der Waals surface area (Å²) in [5, 5.41) is 21.8. The number of anilines is 1. The Hall–Kier alpha value is -3.62. The Morgan fingerprint density at radius 1 is 0.968 bits per heavy atom. The molecule has 2 bridgehead atoms. The topological polar surface area (TPSA) is 108 Å². The van der Waals surface area contributed by atoms with Crippen molar-refractivity contribution in [3.8, 4) is 0 Å². The van der Waals surface area contributed by atoms with Gasteiger partial charge >= 0.3 is 0 Å². The summed E-state index contributed by atoms with van der Waals surface area (Å²) in [5.41, 5.74) is 1.25. The highest BCUT2D eigenvalue weighted by Gasteiger charge is 2.70. The molecule has 3 fully saturated rings. The van der Waals surface area contributed by atoms with E-state index < -0.39 is 10.8 Å². The Bertz CT molecular complexity index is 1140. The van der Waals surface area contributed by atoms with Crippen molar-refractivity contribution in [2.24, 2.45) is 34.0 Å². The van der Waals surface area contributed by atoms with Crippen molar-refractivity contribution >= 4 is 23.2 Å². The summed E-state index contributed by atoms with van der Waals surface area (Å²) in [6, 6.07) is 15.5. The molecular weight excluding hydrogens is 398 g/mol. The molecule has 1 saturated heterocycles. The van der Waals surface area contributed by atoms with Gasteiger partial charge in [-0.3, -0.25) is 24.6 Å². The maximum absolute atomic E-state index is 13.3. The summed E-state index contributed by atoms with van der Waals surface area (Å²) in [6.45, 7) is 0.273. The van der Waals surface area contributed by atoms with Gasteiger partial charge in [-0.05, 0) is 29.9 Å². The van der Waals surface area contributed by atoms with Crippen LogP contribution in [-0.4, -0.2) is 33.7 Å². The number of para-hydroxylation sites is 2. The number of benzene rings is 2. The third-order valence-corrected chi connectivity index (χ3v) is 7.26. The van der Waals surface area contributed by atoms with Gasteiger partial charge in [-0.15, -0.1) is 0 Å². The molecule has 6 atom stereocenters. The Labute approximate surface area is 177 Å². The monoisotopic (exact) mass is 417 g/mol. The molecule has 2 aromatic carbocycles. The SMILES string of the molecule is O=C1[C@@H]2[C@H]3C[C@@H]([C@@H]2C(=O)N1Cc1ccccc1)[C@@H]1[C@@H]3N=NN1c1ccccc1[N+](=O)[O-]. The smallest absolute Gasteiger partial charge is 0.278 e. The standard InChI is InChI=1S/C22H19N5O4/c28-21-17-13-10-14(18(17)22(29)25(21)11-12-6-2-1-3-7-12)20-19(13)23-24-26(20)15-8-4-5-9-16(15)27(30)31/h1-9,13-14,17-20H,10-11H2/t13-,14+,17-,18+,19-,20-/m1/s1. The van der Waals surface area contributed by atoms with Gasteiger partial charge in [0.05, 0.1) is 35.4 Å². The van der Waals surface area contributed by atoms with Gasteiger partial charge in [0, 0.05) is 6.07 Å². The van der Waals surface area contributed by atoms with E-state index in [0.29, 0.717) is 5.69 Å². The van der Waals surface area contributed by atoms with Crippen molar-refractivity contribution in [3.63, 3.8) is 0 Å². The fraction of sp³-hybridized carbons (Fsp3) is 0.364. The molecule has 0 spiro atoms. The van der Waals surface area contributed by atoms with Crippen molar-refractivity contribution in [2.45, 2.75) is 25.0 Å². The predicted molar refractivity (Wildman–Crippen MR) is 109 cm³/mol. The lowest BCUT2D eigenvalue weighted by Gasteiger charge is -2.33. The number of nitro groups is 1. The molecule has 2 saturated carbocycles. The first kappa shape index (κ1) is 18.2. The summed E-state index contributed by atoms with van der Waals surface area (Å²) < 4.78 is 0. The molecule has 0 radical (unpaired) electrons. The van der Waals surface area contributed by atoms with Gasteiger partial charge in [-0.2, -0.15) is 5.11 Å². The van der Waals surface area contributed by atoms with Crippen LogP contribution < -0.4 is 5.01 Å². The molecule has 4 aliphatic rings. The number of carbonyl (C=O) groups excluding carboxylic acids is 2. The van der Waals surface area contributed by atoms with Crippen LogP contribution in [0.2, 0.25) is 0 Å². The highest BCUT2D eigenvalue weighted by molar-refractivity contribution is 6.06. The van der Waals surface area contributed by atoms with E-state index in [1.165, 1.54) is 11.0 Å². The van der Waals surface area contributed by atoms with Gasteiger partial charge in [0.1, 0.15) is 5.69 Å². The van der Waals surface area contributed by atoms with Gasteiger partial charge in [-0.1, -0.05) is 47.7 Å². The lowest BCUT2D eigenvalue weighted by Crippen LogP contribution is -2.47. The number of hydrogen-bond donors (Lipinski definition) is 0. The predicted octanol–water partition coefficient (Wildman–Crippen LogP) is 2.97. The minimum atomic E-state index is -0.431. The maximum atomic E-state index is 13.3. The van der Waals surface area contributed by atoms with Crippen LogP contribution in [0.3, 0.4) is 0 Å². The van der Waals surface area contributed by atoms with Crippen molar-refractivity contribution in [1.29, 1.82) is 0 Å². The third-order valence-electron chi connectivity index (χ3n) is 7.26. The molecule has 156 valence electrons. The highest BCUT2D eigenvalue weighted by Crippen LogP contribution is 2.60. The van der Waals surface area contributed by atoms with E-state index in [1.807, 2.05) is 30.3 Å². The fourth-order valence-electron chi connectivity index (χ4n) is 6.09. The zero-order chi connectivity index (χ0) is 21.3. The normalized spacial score (nSPS) is 32.6. The Balaban J connectivity index is 1.32. The van der Waals surface area contributed by atoms with E-state index >= 15 is 0 Å². The van der Waals surface area contributed by atoms with Crippen LogP contribution in [0.4, 0.5) is 11.4 Å². The van der Waals surface area contributed by atoms with Crippen LogP contribution in [0.1, 0.15) is 12.0 Å². The minimum Gasteiger partial charge on any atom is -0.278 e. The first-order valence-corrected chi connectivity index (χ1v) is 10.4. The lowest BCUT2D eigenvalue weighted by molar-refractivity contribution is -0.384. The average Bonchev–Trinajstić information content (AvgIpc) is 3.51. The Morgan fingerprint density at radius 2 is 1.65 bits per heavy atom. The number of hydrogen-bond acceptors (Lipinski definition) is 7. The quantitative estimate of drug-likeness (QED) is 0.432. The number of fused-ring (bicyclic) bond motifs is 8. The summed E-state index contributed by atoms with van der Waals surface area (Å²) in [5.74, 6) is -1.20. The molecule has 6 rings (SSSR count). The maximum Gasteiger partial charge on any atom is 0.294 e. The van der Waals surface area contributed by atoms with Crippen LogP contribution >= 0.6 is 0 Å². The first-order valence-electron chi connectivity index (χ1n) is 10.4. The number of likely N-dealkylation sites (tertiary alicyclic amines) is 1. The Kier molecular flexibility index (Phi) is 3.77. The molecule has 2 aromatic rings. The second-order valence-corrected chi connectivity index (χ2v) is 8.64. The molecule has 2 heterocycles. The van der Waals surface area contributed by atoms with E-state index in [-0.39, 0.29) is 53.9 Å². The average molecular weight is 417 g/mol. The van der Waals surface area contributed by atoms with E-state index in [0.717, 1.165) is 12.0 Å². The molecular formula is C22H19N5O4. The van der Waals surface area contributed by atoms with Crippen LogP contribution in [0.25, 0.3) is 0 Å². The van der Waals surface area contributed by atoms with E-state index in [1.54, 1.807) is 23.2 Å². The van der Waals surface area contributed by atoms with E-state index in [4.69, 9.17) is 0 Å². The molecule has 0 aromatic heterocycles. The van der Waals surface area contributed by atoms with Crippen LogP contribution in [-0.2, 0) is 16.1 Å². The second-order valence-electron chi connectivity index (χ2n) is 8.64. The zero-order valence-corrected chi connectivity index (χ0v) is 16.4. The van der Waals surface area contributed by atoms with Gasteiger partial charge in [0.25, 0.3) is 5.69 Å². The van der Waals surface area contributed by atoms with Crippen molar-refractivity contribution < 1.29 is 14.5 Å². The number of nitro benzene ring substituents is 1. The van der Waals surface area contributed by atoms with Crippen molar-refractivity contribution in [2.75, 3.05) is 5.01 Å². The second kappa shape index (κ2) is 6.44. The summed E-state index contributed by atoms with van der Waals surface area (Å²) >= 11 is 0. The molecule has 31 heavy (non-hydrogen) atoms. The number of carbonyl (C=O) groups is 2. The molecule has 9 heteroatoms. The van der Waals surface area contributed by atoms with Crippen LogP contribution in [0.5, 0.6) is 0 Å². The fourth-order valence-corrected chi connectivity index (χ4v) is 6.09. The van der Waals surface area contributed by atoms with E-state index in [2.05, 4.69) is 10.3 Å². The van der Waals surface area contributed by atoms with Gasteiger partial charge in [0.15, 0.2) is 0 Å². The van der Waals surface area contributed by atoms with Gasteiger partial charge in [-0.25, -0.2) is 5.01 Å². The summed E-state index contributed by atoms with van der Waals surface area (Å²) in [6.07, 6.45) is 0.720. The number of imide groups is 1. The zero-order valence-electron chi connectivity index (χ0n) is 16.4. The number of rotatable bonds is 4. The molecule has 9 nitrogen and oxygen atoms in total. The van der Waals surface area contributed by atoms with Crippen molar-refractivity contribution in [3.05, 3.63) is 70.3 Å². The third kappa shape index (κ3) is 2.43. The van der Waals surface area contributed by atoms with Gasteiger partial charge in [0.2, 0.25) is 11.8 Å².